The molecule has 1 atom stereocenters. The Morgan fingerprint density at radius 2 is 2.31 bits per heavy atom. The highest BCUT2D eigenvalue weighted by Crippen LogP contribution is 2.33. The van der Waals surface area contributed by atoms with Gasteiger partial charge in [-0.25, -0.2) is 4.98 Å². The number of carbonyl (C=O) groups is 1. The standard InChI is InChI=1S/C19H19N3O2S2/c23-18(17-6-5-16(26-17)15-4-2-10-24-15)21-9-7-14-12-25-19(22-14)13-3-1-8-20-11-13/h1,3,5-6,8,11-12,15H,2,4,7,9-10H2,(H,21,23)/t15-/m1/s1. The molecule has 4 rings (SSSR count). The summed E-state index contributed by atoms with van der Waals surface area (Å²) in [5.74, 6) is -0.0260. The number of thiophene rings is 1. The number of rotatable bonds is 6. The van der Waals surface area contributed by atoms with Gasteiger partial charge in [-0.3, -0.25) is 9.78 Å². The molecule has 0 aromatic carbocycles. The van der Waals surface area contributed by atoms with Crippen LogP contribution in [0.2, 0.25) is 0 Å². The van der Waals surface area contributed by atoms with E-state index in [1.54, 1.807) is 17.5 Å². The number of thiazole rings is 1. The van der Waals surface area contributed by atoms with E-state index in [2.05, 4.69) is 15.3 Å². The molecule has 3 aromatic heterocycles. The Labute approximate surface area is 160 Å². The molecule has 1 fully saturated rings. The zero-order chi connectivity index (χ0) is 17.8. The fourth-order valence-electron chi connectivity index (χ4n) is 2.88. The molecular weight excluding hydrogens is 366 g/mol. The molecule has 7 heteroatoms. The number of hydrogen-bond acceptors (Lipinski definition) is 6. The number of nitrogens with one attached hydrogen (secondary N) is 1. The lowest BCUT2D eigenvalue weighted by Crippen LogP contribution is -2.24. The van der Waals surface area contributed by atoms with Crippen molar-refractivity contribution < 1.29 is 9.53 Å². The van der Waals surface area contributed by atoms with Gasteiger partial charge in [0.2, 0.25) is 0 Å². The molecule has 26 heavy (non-hydrogen) atoms. The summed E-state index contributed by atoms with van der Waals surface area (Å²) in [4.78, 5) is 23.0. The minimum Gasteiger partial charge on any atom is -0.373 e. The number of hydrogen-bond donors (Lipinski definition) is 1. The minimum absolute atomic E-state index is 0.0260. The van der Waals surface area contributed by atoms with E-state index in [1.165, 1.54) is 11.3 Å². The summed E-state index contributed by atoms with van der Waals surface area (Å²) in [6, 6.07) is 7.80. The van der Waals surface area contributed by atoms with Gasteiger partial charge < -0.3 is 10.1 Å². The van der Waals surface area contributed by atoms with E-state index >= 15 is 0 Å². The molecular formula is C19H19N3O2S2. The maximum Gasteiger partial charge on any atom is 0.261 e. The Morgan fingerprint density at radius 1 is 1.35 bits per heavy atom. The van der Waals surface area contributed by atoms with Crippen LogP contribution in [0.4, 0.5) is 0 Å². The average molecular weight is 386 g/mol. The predicted molar refractivity (Wildman–Crippen MR) is 104 cm³/mol. The highest BCUT2D eigenvalue weighted by molar-refractivity contribution is 7.14. The smallest absolute Gasteiger partial charge is 0.261 e. The fourth-order valence-corrected chi connectivity index (χ4v) is 4.74. The van der Waals surface area contributed by atoms with E-state index in [4.69, 9.17) is 4.74 Å². The molecule has 1 saturated heterocycles. The van der Waals surface area contributed by atoms with Crippen LogP contribution in [0.15, 0.2) is 42.0 Å². The largest absolute Gasteiger partial charge is 0.373 e. The first kappa shape index (κ1) is 17.3. The van der Waals surface area contributed by atoms with Crippen LogP contribution in [0.5, 0.6) is 0 Å². The molecule has 0 unspecified atom stereocenters. The summed E-state index contributed by atoms with van der Waals surface area (Å²) in [6.07, 6.45) is 6.59. The number of pyridine rings is 1. The van der Waals surface area contributed by atoms with E-state index in [9.17, 15) is 4.79 Å². The van der Waals surface area contributed by atoms with E-state index < -0.39 is 0 Å². The second-order valence-corrected chi connectivity index (χ2v) is 8.07. The Hall–Kier alpha value is -2.09. The first-order valence-electron chi connectivity index (χ1n) is 8.64. The van der Waals surface area contributed by atoms with Crippen molar-refractivity contribution in [3.63, 3.8) is 0 Å². The summed E-state index contributed by atoms with van der Waals surface area (Å²) in [6.45, 7) is 1.39. The van der Waals surface area contributed by atoms with Crippen molar-refractivity contribution in [3.8, 4) is 10.6 Å². The van der Waals surface area contributed by atoms with Crippen molar-refractivity contribution in [2.75, 3.05) is 13.2 Å². The molecule has 1 aliphatic heterocycles. The van der Waals surface area contributed by atoms with Gasteiger partial charge in [0.05, 0.1) is 16.7 Å². The van der Waals surface area contributed by atoms with Gasteiger partial charge >= 0.3 is 0 Å². The minimum atomic E-state index is -0.0260. The third kappa shape index (κ3) is 4.00. The first-order valence-corrected chi connectivity index (χ1v) is 10.3. The molecule has 0 bridgehead atoms. The van der Waals surface area contributed by atoms with Crippen LogP contribution >= 0.6 is 22.7 Å². The van der Waals surface area contributed by atoms with Crippen molar-refractivity contribution in [1.29, 1.82) is 0 Å². The van der Waals surface area contributed by atoms with Crippen molar-refractivity contribution in [2.45, 2.75) is 25.4 Å². The highest BCUT2D eigenvalue weighted by atomic mass is 32.1. The van der Waals surface area contributed by atoms with Crippen molar-refractivity contribution in [1.82, 2.24) is 15.3 Å². The molecule has 0 saturated carbocycles. The number of ether oxygens (including phenoxy) is 1. The van der Waals surface area contributed by atoms with Crippen molar-refractivity contribution >= 4 is 28.6 Å². The lowest BCUT2D eigenvalue weighted by Gasteiger charge is -2.05. The number of carbonyl (C=O) groups excluding carboxylic acids is 1. The Kier molecular flexibility index (Phi) is 5.38. The molecule has 1 aliphatic rings. The summed E-state index contributed by atoms with van der Waals surface area (Å²) in [5, 5.41) is 5.98. The molecule has 0 aliphatic carbocycles. The molecule has 3 aromatic rings. The zero-order valence-corrected chi connectivity index (χ0v) is 15.8. The van der Waals surface area contributed by atoms with Crippen LogP contribution in [0, 0.1) is 0 Å². The van der Waals surface area contributed by atoms with Gasteiger partial charge in [0.15, 0.2) is 0 Å². The van der Waals surface area contributed by atoms with E-state index in [0.717, 1.165) is 45.5 Å². The molecule has 1 amide bonds. The van der Waals surface area contributed by atoms with Gasteiger partial charge in [-0.2, -0.15) is 0 Å². The van der Waals surface area contributed by atoms with Crippen LogP contribution in [0.3, 0.4) is 0 Å². The topological polar surface area (TPSA) is 64.1 Å². The average Bonchev–Trinajstić information content (AvgIpc) is 3.42. The number of aromatic nitrogens is 2. The molecule has 0 radical (unpaired) electrons. The van der Waals surface area contributed by atoms with E-state index in [0.29, 0.717) is 13.0 Å². The van der Waals surface area contributed by atoms with Crippen molar-refractivity contribution in [3.05, 3.63) is 57.5 Å². The predicted octanol–water partition coefficient (Wildman–Crippen LogP) is 4.09. The fraction of sp³-hybridized carbons (Fsp3) is 0.316. The third-order valence-electron chi connectivity index (χ3n) is 4.22. The quantitative estimate of drug-likeness (QED) is 0.694. The van der Waals surface area contributed by atoms with Gasteiger partial charge in [-0.1, -0.05) is 0 Å². The monoisotopic (exact) mass is 385 g/mol. The lowest BCUT2D eigenvalue weighted by atomic mass is 10.2. The second-order valence-electron chi connectivity index (χ2n) is 6.10. The normalized spacial score (nSPS) is 16.7. The van der Waals surface area contributed by atoms with Crippen LogP contribution in [0.25, 0.3) is 10.6 Å². The molecule has 0 spiro atoms. The first-order chi connectivity index (χ1) is 12.8. The van der Waals surface area contributed by atoms with Crippen molar-refractivity contribution in [2.24, 2.45) is 0 Å². The van der Waals surface area contributed by atoms with Crippen LogP contribution in [-0.2, 0) is 11.2 Å². The molecule has 4 heterocycles. The van der Waals surface area contributed by atoms with Gasteiger partial charge in [0.1, 0.15) is 5.01 Å². The summed E-state index contributed by atoms with van der Waals surface area (Å²) in [5.41, 5.74) is 2.01. The maximum absolute atomic E-state index is 12.3. The highest BCUT2D eigenvalue weighted by Gasteiger charge is 2.20. The van der Waals surface area contributed by atoms with E-state index in [1.807, 2.05) is 35.8 Å². The maximum atomic E-state index is 12.3. The number of amides is 1. The lowest BCUT2D eigenvalue weighted by molar-refractivity contribution is 0.0958. The van der Waals surface area contributed by atoms with Gasteiger partial charge in [0.25, 0.3) is 5.91 Å². The summed E-state index contributed by atoms with van der Waals surface area (Å²) >= 11 is 3.13. The third-order valence-corrected chi connectivity index (χ3v) is 6.34. The van der Waals surface area contributed by atoms with Crippen LogP contribution in [0.1, 0.15) is 39.2 Å². The summed E-state index contributed by atoms with van der Waals surface area (Å²) < 4.78 is 5.68. The zero-order valence-electron chi connectivity index (χ0n) is 14.2. The van der Waals surface area contributed by atoms with Gasteiger partial charge in [-0.15, -0.1) is 22.7 Å². The Bertz CT molecular complexity index is 870. The number of nitrogens with zero attached hydrogens (tertiary/aromatic N) is 2. The van der Waals surface area contributed by atoms with Gasteiger partial charge in [0, 0.05) is 47.8 Å². The van der Waals surface area contributed by atoms with Crippen LogP contribution in [-0.4, -0.2) is 29.0 Å². The molecule has 1 N–H and O–H groups in total. The summed E-state index contributed by atoms with van der Waals surface area (Å²) in [7, 11) is 0. The Balaban J connectivity index is 1.29. The molecule has 134 valence electrons. The second kappa shape index (κ2) is 8.07. The SMILES string of the molecule is O=C(NCCc1csc(-c2cccnc2)n1)c1ccc([C@H]2CCCO2)s1. The van der Waals surface area contributed by atoms with E-state index in [-0.39, 0.29) is 12.0 Å². The Morgan fingerprint density at radius 3 is 3.12 bits per heavy atom. The van der Waals surface area contributed by atoms with Crippen LogP contribution < -0.4 is 5.32 Å². The van der Waals surface area contributed by atoms with Gasteiger partial charge in [-0.05, 0) is 37.1 Å². The molecule has 5 nitrogen and oxygen atoms in total.